The largest absolute Gasteiger partial charge is 0.365 e. The summed E-state index contributed by atoms with van der Waals surface area (Å²) in [5, 5.41) is 13.7. The van der Waals surface area contributed by atoms with Crippen LogP contribution in [0.15, 0.2) is 72.8 Å². The first-order valence-corrected chi connectivity index (χ1v) is 11.6. The first-order valence-electron chi connectivity index (χ1n) is 10.8. The van der Waals surface area contributed by atoms with Gasteiger partial charge in [-0.05, 0) is 74.2 Å². The molecule has 1 aliphatic carbocycles. The molecule has 1 saturated heterocycles. The maximum absolute atomic E-state index is 14.0. The Balaban J connectivity index is 1.74. The van der Waals surface area contributed by atoms with Crippen molar-refractivity contribution in [3.05, 3.63) is 94.0 Å². The van der Waals surface area contributed by atoms with Gasteiger partial charge in [-0.25, -0.2) is 4.79 Å². The van der Waals surface area contributed by atoms with Gasteiger partial charge in [-0.2, -0.15) is 0 Å². The quantitative estimate of drug-likeness (QED) is 0.461. The molecule has 164 valence electrons. The van der Waals surface area contributed by atoms with Gasteiger partial charge in [-0.3, -0.25) is 9.80 Å². The van der Waals surface area contributed by atoms with Crippen LogP contribution in [0.1, 0.15) is 30.4 Å². The number of aliphatic hydroxyl groups is 1. The molecule has 4 nitrogen and oxygen atoms in total. The van der Waals surface area contributed by atoms with Crippen LogP contribution in [-0.2, 0) is 5.72 Å². The minimum atomic E-state index is -1.54. The predicted molar refractivity (Wildman–Crippen MR) is 129 cm³/mol. The summed E-state index contributed by atoms with van der Waals surface area (Å²) in [5.74, 6) is 0.178. The van der Waals surface area contributed by atoms with Crippen molar-refractivity contribution in [3.63, 3.8) is 0 Å². The highest BCUT2D eigenvalue weighted by Gasteiger charge is 2.61. The Morgan fingerprint density at radius 3 is 2.03 bits per heavy atom. The molecule has 0 radical (unpaired) electrons. The number of hydrogen-bond acceptors (Lipinski definition) is 2. The third kappa shape index (κ3) is 3.38. The number of amides is 2. The van der Waals surface area contributed by atoms with Gasteiger partial charge in [0.1, 0.15) is 0 Å². The lowest BCUT2D eigenvalue weighted by Gasteiger charge is -2.44. The Bertz CT molecular complexity index is 1150. The van der Waals surface area contributed by atoms with Crippen LogP contribution >= 0.6 is 23.2 Å². The molecule has 0 aromatic heterocycles. The topological polar surface area (TPSA) is 43.8 Å². The summed E-state index contributed by atoms with van der Waals surface area (Å²) in [6.07, 6.45) is 3.02. The Labute approximate surface area is 198 Å². The molecule has 0 bridgehead atoms. The molecular formula is C26H24Cl2N2O2. The number of hydrogen-bond donors (Lipinski definition) is 1. The Morgan fingerprint density at radius 1 is 0.906 bits per heavy atom. The summed E-state index contributed by atoms with van der Waals surface area (Å²) in [6, 6.07) is 21.4. The van der Waals surface area contributed by atoms with E-state index in [2.05, 4.69) is 0 Å². The van der Waals surface area contributed by atoms with E-state index in [1.807, 2.05) is 43.3 Å². The third-order valence-corrected chi connectivity index (χ3v) is 7.16. The average molecular weight is 467 g/mol. The van der Waals surface area contributed by atoms with Crippen LogP contribution in [0.2, 0.25) is 10.0 Å². The monoisotopic (exact) mass is 466 g/mol. The van der Waals surface area contributed by atoms with Gasteiger partial charge >= 0.3 is 6.03 Å². The van der Waals surface area contributed by atoms with Gasteiger partial charge in [0.15, 0.2) is 5.72 Å². The fraction of sp³-hybridized carbons (Fsp3) is 0.269. The van der Waals surface area contributed by atoms with Gasteiger partial charge in [0.25, 0.3) is 0 Å². The number of halogens is 2. The standard InChI is InChI=1S/C26H24Cl2N2O2/c1-17-4-2-7-19(16-17)26(32)24(18-5-3-6-18)29(22-12-8-20(27)9-13-22)25(31)30(26)23-14-10-21(28)11-15-23/h2,4,7-16,18,24,32H,3,5-6H2,1H3/t24-,26?/m0/s1. The second kappa shape index (κ2) is 8.11. The van der Waals surface area contributed by atoms with Crippen LogP contribution in [0.3, 0.4) is 0 Å². The summed E-state index contributed by atoms with van der Waals surface area (Å²) in [5.41, 5.74) is 1.51. The van der Waals surface area contributed by atoms with Crippen molar-refractivity contribution in [1.82, 2.24) is 0 Å². The van der Waals surface area contributed by atoms with E-state index < -0.39 is 11.8 Å². The molecule has 2 atom stereocenters. The second-order valence-electron chi connectivity index (χ2n) is 8.67. The second-order valence-corrected chi connectivity index (χ2v) is 9.55. The fourth-order valence-electron chi connectivity index (χ4n) is 4.92. The van der Waals surface area contributed by atoms with Crippen LogP contribution in [0.25, 0.3) is 0 Å². The molecule has 2 aliphatic rings. The van der Waals surface area contributed by atoms with Crippen molar-refractivity contribution in [3.8, 4) is 0 Å². The number of nitrogens with zero attached hydrogens (tertiary/aromatic N) is 2. The summed E-state index contributed by atoms with van der Waals surface area (Å²) in [6.45, 7) is 1.99. The molecule has 1 unspecified atom stereocenters. The van der Waals surface area contributed by atoms with Crippen LogP contribution < -0.4 is 9.80 Å². The average Bonchev–Trinajstić information content (AvgIpc) is 2.96. The zero-order valence-corrected chi connectivity index (χ0v) is 19.2. The smallest absolute Gasteiger partial charge is 0.332 e. The lowest BCUT2D eigenvalue weighted by atomic mass is 9.73. The normalized spacial score (nSPS) is 23.5. The third-order valence-electron chi connectivity index (χ3n) is 6.66. The number of aryl methyl sites for hydroxylation is 1. The molecule has 1 saturated carbocycles. The number of urea groups is 1. The zero-order chi connectivity index (χ0) is 22.5. The number of anilines is 2. The van der Waals surface area contributed by atoms with Crippen molar-refractivity contribution < 1.29 is 9.90 Å². The van der Waals surface area contributed by atoms with E-state index in [9.17, 15) is 9.90 Å². The molecule has 1 heterocycles. The van der Waals surface area contributed by atoms with E-state index in [1.165, 1.54) is 4.90 Å². The van der Waals surface area contributed by atoms with E-state index in [1.54, 1.807) is 41.3 Å². The van der Waals surface area contributed by atoms with E-state index in [0.29, 0.717) is 21.3 Å². The lowest BCUT2D eigenvalue weighted by molar-refractivity contribution is -0.00144. The predicted octanol–water partition coefficient (Wildman–Crippen LogP) is 6.76. The minimum Gasteiger partial charge on any atom is -0.365 e. The summed E-state index contributed by atoms with van der Waals surface area (Å²) in [4.78, 5) is 17.3. The van der Waals surface area contributed by atoms with Crippen molar-refractivity contribution in [1.29, 1.82) is 0 Å². The Kier molecular flexibility index (Phi) is 5.40. The number of carbonyl (C=O) groups is 1. The molecule has 6 heteroatoms. The fourth-order valence-corrected chi connectivity index (χ4v) is 5.18. The van der Waals surface area contributed by atoms with E-state index in [0.717, 1.165) is 30.5 Å². The summed E-state index contributed by atoms with van der Waals surface area (Å²) in [7, 11) is 0. The van der Waals surface area contributed by atoms with E-state index >= 15 is 0 Å². The first-order chi connectivity index (χ1) is 15.4. The van der Waals surface area contributed by atoms with Crippen molar-refractivity contribution in [2.24, 2.45) is 5.92 Å². The van der Waals surface area contributed by atoms with Crippen LogP contribution in [-0.4, -0.2) is 17.2 Å². The number of carbonyl (C=O) groups excluding carboxylic acids is 1. The maximum atomic E-state index is 14.0. The van der Waals surface area contributed by atoms with Crippen LogP contribution in [0.5, 0.6) is 0 Å². The highest BCUT2D eigenvalue weighted by atomic mass is 35.5. The van der Waals surface area contributed by atoms with E-state index in [4.69, 9.17) is 23.2 Å². The molecule has 32 heavy (non-hydrogen) atoms. The first kappa shape index (κ1) is 21.3. The van der Waals surface area contributed by atoms with Gasteiger partial charge in [0.2, 0.25) is 0 Å². The molecule has 0 spiro atoms. The Hall–Kier alpha value is -2.53. The molecule has 1 N–H and O–H groups in total. The van der Waals surface area contributed by atoms with Crippen molar-refractivity contribution in [2.75, 3.05) is 9.80 Å². The number of rotatable bonds is 4. The number of benzene rings is 3. The van der Waals surface area contributed by atoms with Gasteiger partial charge in [0, 0.05) is 27.0 Å². The highest BCUT2D eigenvalue weighted by molar-refractivity contribution is 6.31. The molecule has 5 rings (SSSR count). The Morgan fingerprint density at radius 2 is 1.50 bits per heavy atom. The molecule has 2 amide bonds. The SMILES string of the molecule is Cc1cccc(C2(O)[C@H](C3CCC3)N(c3ccc(Cl)cc3)C(=O)N2c2ccc(Cl)cc2)c1. The van der Waals surface area contributed by atoms with Crippen LogP contribution in [0, 0.1) is 12.8 Å². The zero-order valence-electron chi connectivity index (χ0n) is 17.7. The minimum absolute atomic E-state index is 0.178. The molecule has 2 fully saturated rings. The van der Waals surface area contributed by atoms with Gasteiger partial charge in [-0.1, -0.05) is 59.5 Å². The highest BCUT2D eigenvalue weighted by Crippen LogP contribution is 2.51. The maximum Gasteiger partial charge on any atom is 0.332 e. The molecule has 3 aromatic carbocycles. The molecule has 3 aromatic rings. The molecular weight excluding hydrogens is 443 g/mol. The summed E-state index contributed by atoms with van der Waals surface area (Å²) < 4.78 is 0. The van der Waals surface area contributed by atoms with Crippen molar-refractivity contribution in [2.45, 2.75) is 38.0 Å². The van der Waals surface area contributed by atoms with Gasteiger partial charge in [-0.15, -0.1) is 0 Å². The lowest BCUT2D eigenvalue weighted by Crippen LogP contribution is -2.54. The van der Waals surface area contributed by atoms with Gasteiger partial charge in [0.05, 0.1) is 6.04 Å². The molecule has 1 aliphatic heterocycles. The van der Waals surface area contributed by atoms with Crippen molar-refractivity contribution >= 4 is 40.6 Å². The van der Waals surface area contributed by atoms with E-state index in [-0.39, 0.29) is 11.9 Å². The van der Waals surface area contributed by atoms with Gasteiger partial charge < -0.3 is 5.11 Å². The van der Waals surface area contributed by atoms with Crippen LogP contribution in [0.4, 0.5) is 16.2 Å². The summed E-state index contributed by atoms with van der Waals surface area (Å²) >= 11 is 12.2.